The van der Waals surface area contributed by atoms with E-state index in [0.717, 1.165) is 17.7 Å². The van der Waals surface area contributed by atoms with Gasteiger partial charge in [-0.2, -0.15) is 0 Å². The van der Waals surface area contributed by atoms with E-state index in [1.54, 1.807) is 18.2 Å². The molecule has 0 saturated carbocycles. The van der Waals surface area contributed by atoms with Gasteiger partial charge in [0.1, 0.15) is 11.6 Å². The third-order valence-electron chi connectivity index (χ3n) is 2.87. The molecule has 2 aromatic carbocycles. The molecule has 0 aliphatic carbocycles. The van der Waals surface area contributed by atoms with E-state index in [1.807, 2.05) is 0 Å². The fourth-order valence-corrected chi connectivity index (χ4v) is 2.30. The molecule has 2 aromatic rings. The number of hydrogen-bond acceptors (Lipinski definition) is 1. The van der Waals surface area contributed by atoms with Crippen LogP contribution in [0.4, 0.5) is 19.3 Å². The summed E-state index contributed by atoms with van der Waals surface area (Å²) < 4.78 is 26.1. The molecule has 0 spiro atoms. The van der Waals surface area contributed by atoms with Crippen molar-refractivity contribution in [2.75, 3.05) is 11.9 Å². The fourth-order valence-electron chi connectivity index (χ4n) is 1.79. The molecule has 2 rings (SSSR count). The fraction of sp³-hybridized carbons (Fsp3) is 0.133. The first-order valence-electron chi connectivity index (χ1n) is 6.39. The number of rotatable bonds is 4. The Hall–Kier alpha value is -1.85. The molecular weight excluding hydrogens is 333 g/mol. The number of amides is 2. The first-order valence-corrected chi connectivity index (χ1v) is 7.15. The van der Waals surface area contributed by atoms with E-state index in [9.17, 15) is 13.6 Å². The number of anilines is 1. The molecule has 2 amide bonds. The molecule has 3 nitrogen and oxygen atoms in total. The molecule has 22 heavy (non-hydrogen) atoms. The lowest BCUT2D eigenvalue weighted by atomic mass is 10.1. The van der Waals surface area contributed by atoms with Crippen molar-refractivity contribution in [3.05, 3.63) is 63.6 Å². The molecule has 2 N–H and O–H groups in total. The number of carbonyl (C=O) groups excluding carboxylic acids is 1. The van der Waals surface area contributed by atoms with Gasteiger partial charge in [0.05, 0.1) is 5.69 Å². The molecule has 0 unspecified atom stereocenters. The minimum Gasteiger partial charge on any atom is -0.338 e. The lowest BCUT2D eigenvalue weighted by Gasteiger charge is -2.09. The number of carbonyl (C=O) groups is 1. The summed E-state index contributed by atoms with van der Waals surface area (Å²) in [6.07, 6.45) is 0.495. The van der Waals surface area contributed by atoms with Crippen LogP contribution in [0.3, 0.4) is 0 Å². The molecule has 0 fully saturated rings. The van der Waals surface area contributed by atoms with Crippen LogP contribution in [0.5, 0.6) is 0 Å². The summed E-state index contributed by atoms with van der Waals surface area (Å²) >= 11 is 11.8. The van der Waals surface area contributed by atoms with Gasteiger partial charge in [-0.25, -0.2) is 13.6 Å². The third kappa shape index (κ3) is 4.58. The molecular formula is C15H12Cl2F2N2O. The van der Waals surface area contributed by atoms with Crippen molar-refractivity contribution in [1.29, 1.82) is 0 Å². The molecule has 0 atom stereocenters. The highest BCUT2D eigenvalue weighted by molar-refractivity contribution is 6.35. The predicted octanol–water partition coefficient (Wildman–Crippen LogP) is 4.64. The van der Waals surface area contributed by atoms with Gasteiger partial charge in [0.2, 0.25) is 0 Å². The summed E-state index contributed by atoms with van der Waals surface area (Å²) in [5.41, 5.74) is 0.739. The minimum atomic E-state index is -0.837. The molecule has 116 valence electrons. The van der Waals surface area contributed by atoms with Gasteiger partial charge in [0.15, 0.2) is 0 Å². The Labute approximate surface area is 136 Å². The maximum atomic E-state index is 13.4. The normalized spacial score (nSPS) is 10.4. The molecule has 0 bridgehead atoms. The number of benzene rings is 2. The maximum absolute atomic E-state index is 13.4. The second-order valence-corrected chi connectivity index (χ2v) is 5.33. The summed E-state index contributed by atoms with van der Waals surface area (Å²) in [6, 6.07) is 7.42. The average molecular weight is 345 g/mol. The summed E-state index contributed by atoms with van der Waals surface area (Å²) in [7, 11) is 0. The van der Waals surface area contributed by atoms with Crippen LogP contribution >= 0.6 is 23.2 Å². The van der Waals surface area contributed by atoms with Crippen molar-refractivity contribution in [1.82, 2.24) is 5.32 Å². The maximum Gasteiger partial charge on any atom is 0.319 e. The summed E-state index contributed by atoms with van der Waals surface area (Å²) in [4.78, 5) is 11.6. The Morgan fingerprint density at radius 3 is 2.55 bits per heavy atom. The number of halogens is 4. The second-order valence-electron chi connectivity index (χ2n) is 4.49. The van der Waals surface area contributed by atoms with E-state index in [-0.39, 0.29) is 5.69 Å². The number of urea groups is 1. The van der Waals surface area contributed by atoms with E-state index in [1.165, 1.54) is 0 Å². The van der Waals surface area contributed by atoms with Crippen LogP contribution in [0.1, 0.15) is 5.56 Å². The summed E-state index contributed by atoms with van der Waals surface area (Å²) in [5, 5.41) is 5.91. The summed E-state index contributed by atoms with van der Waals surface area (Å²) in [5.74, 6) is -1.54. The van der Waals surface area contributed by atoms with Gasteiger partial charge in [0, 0.05) is 22.7 Å². The Bertz CT molecular complexity index is 695. The van der Waals surface area contributed by atoms with Crippen LogP contribution in [-0.4, -0.2) is 12.6 Å². The van der Waals surface area contributed by atoms with E-state index < -0.39 is 17.7 Å². The standard InChI is InChI=1S/C15H12Cl2F2N2O/c16-10-2-1-9(12(17)7-10)5-6-20-15(22)21-14-4-3-11(18)8-13(14)19/h1-4,7-8H,5-6H2,(H2,20,21,22). The number of nitrogens with one attached hydrogen (secondary N) is 2. The van der Waals surface area contributed by atoms with Crippen LogP contribution in [0.2, 0.25) is 10.0 Å². The van der Waals surface area contributed by atoms with Crippen molar-refractivity contribution in [3.63, 3.8) is 0 Å². The minimum absolute atomic E-state index is 0.0941. The monoisotopic (exact) mass is 344 g/mol. The zero-order valence-corrected chi connectivity index (χ0v) is 12.8. The molecule has 0 heterocycles. The van der Waals surface area contributed by atoms with Crippen molar-refractivity contribution in [3.8, 4) is 0 Å². The first-order chi connectivity index (χ1) is 10.5. The largest absolute Gasteiger partial charge is 0.338 e. The van der Waals surface area contributed by atoms with E-state index in [0.29, 0.717) is 29.1 Å². The molecule has 0 radical (unpaired) electrons. The van der Waals surface area contributed by atoms with Crippen LogP contribution in [0.25, 0.3) is 0 Å². The van der Waals surface area contributed by atoms with Gasteiger partial charge < -0.3 is 10.6 Å². The zero-order chi connectivity index (χ0) is 16.1. The highest BCUT2D eigenvalue weighted by Crippen LogP contribution is 2.21. The quantitative estimate of drug-likeness (QED) is 0.833. The van der Waals surface area contributed by atoms with Gasteiger partial charge >= 0.3 is 6.03 Å². The Balaban J connectivity index is 1.85. The predicted molar refractivity (Wildman–Crippen MR) is 83.5 cm³/mol. The van der Waals surface area contributed by atoms with Crippen LogP contribution in [-0.2, 0) is 6.42 Å². The third-order valence-corrected chi connectivity index (χ3v) is 3.46. The SMILES string of the molecule is O=C(NCCc1ccc(Cl)cc1Cl)Nc1ccc(F)cc1F. The Morgan fingerprint density at radius 2 is 1.86 bits per heavy atom. The molecule has 7 heteroatoms. The molecule has 0 aliphatic heterocycles. The highest BCUT2D eigenvalue weighted by atomic mass is 35.5. The van der Waals surface area contributed by atoms with Gasteiger partial charge in [-0.3, -0.25) is 0 Å². The van der Waals surface area contributed by atoms with Crippen molar-refractivity contribution in [2.45, 2.75) is 6.42 Å². The van der Waals surface area contributed by atoms with Gasteiger partial charge in [-0.15, -0.1) is 0 Å². The average Bonchev–Trinajstić information content (AvgIpc) is 2.44. The van der Waals surface area contributed by atoms with Crippen LogP contribution < -0.4 is 10.6 Å². The smallest absolute Gasteiger partial charge is 0.319 e. The van der Waals surface area contributed by atoms with Crippen LogP contribution in [0, 0.1) is 11.6 Å². The van der Waals surface area contributed by atoms with Gasteiger partial charge in [0.25, 0.3) is 0 Å². The van der Waals surface area contributed by atoms with Gasteiger partial charge in [-0.1, -0.05) is 29.3 Å². The number of hydrogen-bond donors (Lipinski definition) is 2. The molecule has 0 aromatic heterocycles. The van der Waals surface area contributed by atoms with Gasteiger partial charge in [-0.05, 0) is 36.2 Å². The van der Waals surface area contributed by atoms with Crippen molar-refractivity contribution >= 4 is 34.9 Å². The van der Waals surface area contributed by atoms with Crippen molar-refractivity contribution < 1.29 is 13.6 Å². The topological polar surface area (TPSA) is 41.1 Å². The van der Waals surface area contributed by atoms with E-state index in [4.69, 9.17) is 23.2 Å². The highest BCUT2D eigenvalue weighted by Gasteiger charge is 2.08. The van der Waals surface area contributed by atoms with Crippen LogP contribution in [0.15, 0.2) is 36.4 Å². The zero-order valence-electron chi connectivity index (χ0n) is 11.3. The first kappa shape index (κ1) is 16.5. The molecule has 0 aliphatic rings. The summed E-state index contributed by atoms with van der Waals surface area (Å²) in [6.45, 7) is 0.302. The van der Waals surface area contributed by atoms with Crippen molar-refractivity contribution in [2.24, 2.45) is 0 Å². The second kappa shape index (κ2) is 7.42. The van der Waals surface area contributed by atoms with E-state index in [2.05, 4.69) is 10.6 Å². The Kier molecular flexibility index (Phi) is 5.57. The lowest BCUT2D eigenvalue weighted by molar-refractivity contribution is 0.252. The Morgan fingerprint density at radius 1 is 1.09 bits per heavy atom. The lowest BCUT2D eigenvalue weighted by Crippen LogP contribution is -2.30. The molecule has 0 saturated heterocycles. The van der Waals surface area contributed by atoms with E-state index >= 15 is 0 Å².